The van der Waals surface area contributed by atoms with Crippen LogP contribution < -0.4 is 5.32 Å². The van der Waals surface area contributed by atoms with Crippen LogP contribution in [0.25, 0.3) is 0 Å². The zero-order valence-corrected chi connectivity index (χ0v) is 8.95. The van der Waals surface area contributed by atoms with E-state index >= 15 is 0 Å². The first-order valence-corrected chi connectivity index (χ1v) is 5.91. The molecule has 0 saturated carbocycles. The molecular formula is C8H13N3O2S. The maximum absolute atomic E-state index is 11.4. The molecule has 2 unspecified atom stereocenters. The van der Waals surface area contributed by atoms with Crippen molar-refractivity contribution in [3.8, 4) is 0 Å². The van der Waals surface area contributed by atoms with Crippen LogP contribution in [0.3, 0.4) is 0 Å². The Bertz CT molecular complexity index is 323. The summed E-state index contributed by atoms with van der Waals surface area (Å²) in [6, 6.07) is -0.351. The molecule has 0 spiro atoms. The first-order valence-electron chi connectivity index (χ1n) is 4.18. The summed E-state index contributed by atoms with van der Waals surface area (Å²) in [6.07, 6.45) is 6.12. The van der Waals surface area contributed by atoms with Crippen LogP contribution in [-0.4, -0.2) is 37.8 Å². The molecule has 5 nitrogen and oxygen atoms in total. The third-order valence-electron chi connectivity index (χ3n) is 1.59. The van der Waals surface area contributed by atoms with Gasteiger partial charge in [0.15, 0.2) is 0 Å². The van der Waals surface area contributed by atoms with Crippen LogP contribution in [-0.2, 0) is 10.8 Å². The largest absolute Gasteiger partial charge is 0.334 e. The molecule has 6 heteroatoms. The second-order valence-corrected chi connectivity index (χ2v) is 4.54. The Labute approximate surface area is 85.0 Å². The summed E-state index contributed by atoms with van der Waals surface area (Å²) in [7, 11) is -0.898. The van der Waals surface area contributed by atoms with Crippen molar-refractivity contribution in [2.75, 3.05) is 12.0 Å². The molecule has 1 N–H and O–H groups in total. The third kappa shape index (κ3) is 3.29. The van der Waals surface area contributed by atoms with Crippen LogP contribution in [0.1, 0.15) is 6.92 Å². The summed E-state index contributed by atoms with van der Waals surface area (Å²) in [5.74, 6) is 0.459. The normalized spacial score (nSPS) is 14.7. The second kappa shape index (κ2) is 4.90. The molecule has 1 heterocycles. The lowest BCUT2D eigenvalue weighted by Crippen LogP contribution is -2.38. The summed E-state index contributed by atoms with van der Waals surface area (Å²) in [4.78, 5) is 15.2. The number of hydrogen-bond donors (Lipinski definition) is 1. The molecule has 0 saturated heterocycles. The maximum atomic E-state index is 11.4. The van der Waals surface area contributed by atoms with Crippen LogP contribution >= 0.6 is 0 Å². The fourth-order valence-electron chi connectivity index (χ4n) is 1.06. The quantitative estimate of drug-likeness (QED) is 0.783. The third-order valence-corrected chi connectivity index (χ3v) is 2.56. The standard InChI is InChI=1S/C8H13N3O2S/c1-7(5-14(2)13)10-8(12)11-4-3-9-6-11/h3-4,6-7H,5H2,1-2H3,(H,10,12). The zero-order chi connectivity index (χ0) is 10.6. The van der Waals surface area contributed by atoms with Crippen molar-refractivity contribution >= 4 is 16.8 Å². The lowest BCUT2D eigenvalue weighted by Gasteiger charge is -2.11. The fraction of sp³-hybridized carbons (Fsp3) is 0.500. The minimum atomic E-state index is -0.898. The number of carbonyl (C=O) groups is 1. The second-order valence-electron chi connectivity index (χ2n) is 3.06. The molecule has 0 radical (unpaired) electrons. The number of amides is 1. The Kier molecular flexibility index (Phi) is 3.82. The molecular weight excluding hydrogens is 202 g/mol. The van der Waals surface area contributed by atoms with Crippen LogP contribution in [0, 0.1) is 0 Å². The number of nitrogens with one attached hydrogen (secondary N) is 1. The van der Waals surface area contributed by atoms with Gasteiger partial charge in [0, 0.05) is 41.2 Å². The summed E-state index contributed by atoms with van der Waals surface area (Å²) >= 11 is 0. The van der Waals surface area contributed by atoms with Crippen molar-refractivity contribution in [2.45, 2.75) is 13.0 Å². The first-order chi connectivity index (χ1) is 6.59. The van der Waals surface area contributed by atoms with Crippen molar-refractivity contribution in [1.82, 2.24) is 14.9 Å². The van der Waals surface area contributed by atoms with Crippen molar-refractivity contribution in [1.29, 1.82) is 0 Å². The molecule has 1 rings (SSSR count). The molecule has 0 bridgehead atoms. The highest BCUT2D eigenvalue weighted by atomic mass is 32.2. The number of hydrogen-bond acceptors (Lipinski definition) is 3. The van der Waals surface area contributed by atoms with Gasteiger partial charge in [-0.1, -0.05) is 0 Å². The van der Waals surface area contributed by atoms with Gasteiger partial charge in [-0.05, 0) is 6.92 Å². The van der Waals surface area contributed by atoms with E-state index < -0.39 is 10.8 Å². The lowest BCUT2D eigenvalue weighted by atomic mass is 10.4. The van der Waals surface area contributed by atoms with Gasteiger partial charge in [-0.15, -0.1) is 0 Å². The van der Waals surface area contributed by atoms with Crippen LogP contribution in [0.5, 0.6) is 0 Å². The minimum absolute atomic E-state index is 0.101. The number of carbonyl (C=O) groups excluding carboxylic acids is 1. The van der Waals surface area contributed by atoms with Crippen LogP contribution in [0.2, 0.25) is 0 Å². The van der Waals surface area contributed by atoms with Crippen molar-refractivity contribution in [3.05, 3.63) is 18.7 Å². The van der Waals surface area contributed by atoms with E-state index in [1.165, 1.54) is 17.1 Å². The highest BCUT2D eigenvalue weighted by molar-refractivity contribution is 7.84. The zero-order valence-electron chi connectivity index (χ0n) is 8.14. The lowest BCUT2D eigenvalue weighted by molar-refractivity contribution is 0.240. The van der Waals surface area contributed by atoms with Gasteiger partial charge in [-0.2, -0.15) is 0 Å². The van der Waals surface area contributed by atoms with Gasteiger partial charge in [0.1, 0.15) is 6.33 Å². The molecule has 0 aliphatic carbocycles. The molecule has 0 aromatic carbocycles. The Morgan fingerprint density at radius 2 is 2.43 bits per heavy atom. The van der Waals surface area contributed by atoms with E-state index in [1.807, 2.05) is 6.92 Å². The maximum Gasteiger partial charge on any atom is 0.327 e. The molecule has 14 heavy (non-hydrogen) atoms. The Morgan fingerprint density at radius 1 is 1.71 bits per heavy atom. The molecule has 1 aromatic heterocycles. The number of nitrogens with zero attached hydrogens (tertiary/aromatic N) is 2. The Morgan fingerprint density at radius 3 is 2.93 bits per heavy atom. The van der Waals surface area contributed by atoms with Gasteiger partial charge >= 0.3 is 6.03 Å². The molecule has 0 aliphatic rings. The van der Waals surface area contributed by atoms with Crippen LogP contribution in [0.15, 0.2) is 18.7 Å². The monoisotopic (exact) mass is 215 g/mol. The van der Waals surface area contributed by atoms with E-state index in [0.717, 1.165) is 0 Å². The van der Waals surface area contributed by atoms with E-state index in [4.69, 9.17) is 0 Å². The SMILES string of the molecule is CC(CS(C)=O)NC(=O)n1ccnc1. The van der Waals surface area contributed by atoms with Gasteiger partial charge in [0.25, 0.3) is 0 Å². The fourth-order valence-corrected chi connectivity index (χ4v) is 1.85. The van der Waals surface area contributed by atoms with Crippen molar-refractivity contribution in [2.24, 2.45) is 0 Å². The smallest absolute Gasteiger partial charge is 0.327 e. The van der Waals surface area contributed by atoms with Gasteiger partial charge in [0.05, 0.1) is 0 Å². The number of rotatable bonds is 3. The minimum Gasteiger partial charge on any atom is -0.334 e. The number of imidazole rings is 1. The molecule has 0 aliphatic heterocycles. The number of aromatic nitrogens is 2. The highest BCUT2D eigenvalue weighted by Gasteiger charge is 2.09. The summed E-state index contributed by atoms with van der Waals surface area (Å²) in [6.45, 7) is 1.82. The molecule has 2 atom stereocenters. The molecule has 1 aromatic rings. The van der Waals surface area contributed by atoms with E-state index in [-0.39, 0.29) is 12.1 Å². The van der Waals surface area contributed by atoms with Gasteiger partial charge in [-0.3, -0.25) is 8.78 Å². The summed E-state index contributed by atoms with van der Waals surface area (Å²) < 4.78 is 12.2. The van der Waals surface area contributed by atoms with E-state index in [0.29, 0.717) is 5.75 Å². The van der Waals surface area contributed by atoms with E-state index in [1.54, 1.807) is 12.5 Å². The molecule has 1 amide bonds. The van der Waals surface area contributed by atoms with Crippen LogP contribution in [0.4, 0.5) is 4.79 Å². The summed E-state index contributed by atoms with van der Waals surface area (Å²) in [5.41, 5.74) is 0. The Balaban J connectivity index is 2.45. The predicted molar refractivity (Wildman–Crippen MR) is 54.6 cm³/mol. The average molecular weight is 215 g/mol. The van der Waals surface area contributed by atoms with E-state index in [9.17, 15) is 9.00 Å². The van der Waals surface area contributed by atoms with Gasteiger partial charge in [0.2, 0.25) is 0 Å². The average Bonchev–Trinajstić information content (AvgIpc) is 2.53. The Hall–Kier alpha value is -1.17. The molecule has 0 fully saturated rings. The summed E-state index contributed by atoms with van der Waals surface area (Å²) in [5, 5.41) is 2.70. The predicted octanol–water partition coefficient (Wildman–Crippen LogP) is 0.208. The highest BCUT2D eigenvalue weighted by Crippen LogP contribution is 1.89. The molecule has 78 valence electrons. The first kappa shape index (κ1) is 10.9. The van der Waals surface area contributed by atoms with Crippen molar-refractivity contribution in [3.63, 3.8) is 0 Å². The topological polar surface area (TPSA) is 64.0 Å². The van der Waals surface area contributed by atoms with Gasteiger partial charge < -0.3 is 5.32 Å². The van der Waals surface area contributed by atoms with Crippen molar-refractivity contribution < 1.29 is 9.00 Å². The van der Waals surface area contributed by atoms with Gasteiger partial charge in [-0.25, -0.2) is 9.78 Å². The van der Waals surface area contributed by atoms with E-state index in [2.05, 4.69) is 10.3 Å².